The maximum absolute atomic E-state index is 13.3. The van der Waals surface area contributed by atoms with Crippen LogP contribution in [-0.2, 0) is 17.8 Å². The molecule has 6 aromatic rings. The van der Waals surface area contributed by atoms with Crippen molar-refractivity contribution in [2.75, 3.05) is 50.1 Å². The van der Waals surface area contributed by atoms with Crippen molar-refractivity contribution in [1.82, 2.24) is 39.3 Å². The van der Waals surface area contributed by atoms with E-state index >= 15 is 0 Å². The largest absolute Gasteiger partial charge is 0.491 e. The zero-order valence-electron chi connectivity index (χ0n) is 30.5. The number of aromatic nitrogens is 7. The molecule has 1 fully saturated rings. The minimum Gasteiger partial charge on any atom is -0.491 e. The van der Waals surface area contributed by atoms with Crippen molar-refractivity contribution in [1.29, 1.82) is 0 Å². The molecule has 0 atom stereocenters. The van der Waals surface area contributed by atoms with Crippen molar-refractivity contribution < 1.29 is 37.7 Å². The van der Waals surface area contributed by atoms with E-state index in [1.165, 1.54) is 30.5 Å². The summed E-state index contributed by atoms with van der Waals surface area (Å²) in [4.78, 5) is 66.4. The van der Waals surface area contributed by atoms with Gasteiger partial charge in [-0.1, -0.05) is 22.5 Å². The number of primary amides is 2. The predicted molar refractivity (Wildman–Crippen MR) is 199 cm³/mol. The van der Waals surface area contributed by atoms with Crippen molar-refractivity contribution in [2.24, 2.45) is 11.5 Å². The molecule has 20 heteroatoms. The fraction of sp³-hybridized carbons (Fsp3) is 0.306. The minimum atomic E-state index is -0.686. The molecule has 0 bridgehead atoms. The van der Waals surface area contributed by atoms with E-state index in [2.05, 4.69) is 40.8 Å². The summed E-state index contributed by atoms with van der Waals surface area (Å²) in [5.41, 5.74) is 14.0. The van der Waals surface area contributed by atoms with Gasteiger partial charge in [0.15, 0.2) is 5.65 Å². The standard InChI is InChI=1S/C36H38N12O8/c1-20-14-27(55-44-20)33(51)42-35-40-24-16-22(30(37)49)18-26(54-11-5-6-46-9-12-53-13-10-46)29(24)47(35)7-3-4-8-48-32-25(17-23(19-39-32)31(38)50)41-36(48)43-34(52)28-15-21(2)45-56-28/h3-4,14-19H,5-13H2,1-2H3,(H2,37,49)(H2,38,50)(H,40,42,51)(H,41,43,52)/b4-3+. The maximum atomic E-state index is 13.3. The van der Waals surface area contributed by atoms with Crippen LogP contribution in [0.4, 0.5) is 11.9 Å². The first-order valence-corrected chi connectivity index (χ1v) is 17.6. The number of nitrogens with two attached hydrogens (primary N) is 2. The third-order valence-electron chi connectivity index (χ3n) is 8.84. The van der Waals surface area contributed by atoms with Crippen LogP contribution in [0.5, 0.6) is 5.75 Å². The molecule has 7 rings (SSSR count). The number of carbonyl (C=O) groups excluding carboxylic acids is 4. The first kappa shape index (κ1) is 37.4. The number of anilines is 2. The van der Waals surface area contributed by atoms with Crippen molar-refractivity contribution in [3.05, 3.63) is 82.7 Å². The van der Waals surface area contributed by atoms with Gasteiger partial charge >= 0.3 is 0 Å². The summed E-state index contributed by atoms with van der Waals surface area (Å²) in [6, 6.07) is 7.54. The molecule has 0 saturated carbocycles. The second kappa shape index (κ2) is 16.2. The van der Waals surface area contributed by atoms with Crippen LogP contribution in [0.15, 0.2) is 57.7 Å². The van der Waals surface area contributed by atoms with E-state index < -0.39 is 23.6 Å². The summed E-state index contributed by atoms with van der Waals surface area (Å²) < 4.78 is 25.4. The second-order valence-corrected chi connectivity index (χ2v) is 12.9. The van der Waals surface area contributed by atoms with Crippen LogP contribution in [0.3, 0.4) is 0 Å². The van der Waals surface area contributed by atoms with E-state index in [9.17, 15) is 19.2 Å². The Labute approximate surface area is 317 Å². The molecule has 20 nitrogen and oxygen atoms in total. The summed E-state index contributed by atoms with van der Waals surface area (Å²) >= 11 is 0. The molecule has 0 unspecified atom stereocenters. The number of amides is 4. The summed E-state index contributed by atoms with van der Waals surface area (Å²) in [5.74, 6) is -2.00. The SMILES string of the molecule is Cc1cc(C(=O)Nc2nc3cc(C(N)=O)cnc3n2C/C=C/Cn2c(NC(=O)c3cc(C)no3)nc3cc(C(N)=O)cc(OCCCN4CCOCC4)c32)on1. The molecule has 290 valence electrons. The minimum absolute atomic E-state index is 0.0249. The number of fused-ring (bicyclic) bond motifs is 2. The Balaban J connectivity index is 1.20. The lowest BCUT2D eigenvalue weighted by molar-refractivity contribution is 0.0358. The molecule has 1 aromatic carbocycles. The van der Waals surface area contributed by atoms with Gasteiger partial charge in [0.05, 0.1) is 42.3 Å². The Morgan fingerprint density at radius 3 is 2.00 bits per heavy atom. The van der Waals surface area contributed by atoms with Gasteiger partial charge < -0.3 is 34.6 Å². The molecule has 1 saturated heterocycles. The lowest BCUT2D eigenvalue weighted by Crippen LogP contribution is -2.37. The van der Waals surface area contributed by atoms with Crippen molar-refractivity contribution in [2.45, 2.75) is 33.4 Å². The number of allylic oxidation sites excluding steroid dienone is 2. The van der Waals surface area contributed by atoms with Crippen LogP contribution in [0.25, 0.3) is 22.2 Å². The number of pyridine rings is 1. The number of rotatable bonds is 15. The number of hydrogen-bond acceptors (Lipinski definition) is 14. The highest BCUT2D eigenvalue weighted by molar-refractivity contribution is 6.04. The van der Waals surface area contributed by atoms with Gasteiger partial charge in [0, 0.05) is 56.6 Å². The zero-order valence-corrected chi connectivity index (χ0v) is 30.5. The van der Waals surface area contributed by atoms with E-state index in [4.69, 9.17) is 30.0 Å². The van der Waals surface area contributed by atoms with E-state index in [0.29, 0.717) is 65.6 Å². The smallest absolute Gasteiger partial charge is 0.296 e. The van der Waals surface area contributed by atoms with Gasteiger partial charge in [-0.3, -0.25) is 39.3 Å². The Morgan fingerprint density at radius 1 is 0.804 bits per heavy atom. The monoisotopic (exact) mass is 766 g/mol. The molecule has 1 aliphatic heterocycles. The number of carbonyl (C=O) groups is 4. The van der Waals surface area contributed by atoms with Crippen LogP contribution in [0.1, 0.15) is 59.6 Å². The Kier molecular flexibility index (Phi) is 10.8. The van der Waals surface area contributed by atoms with E-state index in [-0.39, 0.29) is 47.6 Å². The Hall–Kier alpha value is -6.93. The third-order valence-corrected chi connectivity index (χ3v) is 8.84. The molecular weight excluding hydrogens is 728 g/mol. The maximum Gasteiger partial charge on any atom is 0.296 e. The molecular formula is C36H38N12O8. The average molecular weight is 767 g/mol. The number of aryl methyl sites for hydroxylation is 2. The molecule has 56 heavy (non-hydrogen) atoms. The van der Waals surface area contributed by atoms with Gasteiger partial charge in [-0.25, -0.2) is 15.0 Å². The summed E-state index contributed by atoms with van der Waals surface area (Å²) in [7, 11) is 0. The number of nitrogens with zero attached hydrogens (tertiary/aromatic N) is 8. The van der Waals surface area contributed by atoms with Gasteiger partial charge in [0.1, 0.15) is 16.8 Å². The number of imidazole rings is 2. The molecule has 4 amide bonds. The fourth-order valence-electron chi connectivity index (χ4n) is 6.09. The topological polar surface area (TPSA) is 267 Å². The van der Waals surface area contributed by atoms with Crippen LogP contribution in [-0.4, -0.2) is 102 Å². The predicted octanol–water partition coefficient (Wildman–Crippen LogP) is 2.43. The molecule has 5 aromatic heterocycles. The average Bonchev–Trinajstić information content (AvgIpc) is 3.97. The number of hydrogen-bond donors (Lipinski definition) is 4. The molecule has 0 radical (unpaired) electrons. The molecule has 1 aliphatic rings. The molecule has 6 heterocycles. The third kappa shape index (κ3) is 8.25. The summed E-state index contributed by atoms with van der Waals surface area (Å²) in [6.45, 7) is 7.82. The van der Waals surface area contributed by atoms with Crippen LogP contribution in [0.2, 0.25) is 0 Å². The first-order valence-electron chi connectivity index (χ1n) is 17.6. The van der Waals surface area contributed by atoms with Crippen LogP contribution >= 0.6 is 0 Å². The highest BCUT2D eigenvalue weighted by Crippen LogP contribution is 2.32. The lowest BCUT2D eigenvalue weighted by Gasteiger charge is -2.26. The quantitative estimate of drug-likeness (QED) is 0.0864. The van der Waals surface area contributed by atoms with E-state index in [0.717, 1.165) is 19.6 Å². The number of nitrogens with one attached hydrogen (secondary N) is 2. The molecule has 6 N–H and O–H groups in total. The number of morpholine rings is 1. The van der Waals surface area contributed by atoms with Gasteiger partial charge in [-0.15, -0.1) is 0 Å². The number of ether oxygens (including phenoxy) is 2. The van der Waals surface area contributed by atoms with Crippen LogP contribution in [0, 0.1) is 13.8 Å². The molecule has 0 spiro atoms. The number of benzene rings is 1. The van der Waals surface area contributed by atoms with E-state index in [1.807, 2.05) is 0 Å². The van der Waals surface area contributed by atoms with Crippen molar-refractivity contribution in [3.63, 3.8) is 0 Å². The van der Waals surface area contributed by atoms with Gasteiger partial charge in [0.25, 0.3) is 11.8 Å². The normalized spacial score (nSPS) is 13.5. The second-order valence-electron chi connectivity index (χ2n) is 12.9. The lowest BCUT2D eigenvalue weighted by atomic mass is 10.1. The summed E-state index contributed by atoms with van der Waals surface area (Å²) in [5, 5.41) is 13.1. The van der Waals surface area contributed by atoms with Crippen LogP contribution < -0.4 is 26.8 Å². The Morgan fingerprint density at radius 2 is 1.39 bits per heavy atom. The van der Waals surface area contributed by atoms with Crippen molar-refractivity contribution >= 4 is 57.7 Å². The first-order chi connectivity index (χ1) is 27.0. The van der Waals surface area contributed by atoms with Gasteiger partial charge in [-0.2, -0.15) is 0 Å². The highest BCUT2D eigenvalue weighted by Gasteiger charge is 2.23. The van der Waals surface area contributed by atoms with Gasteiger partial charge in [-0.05, 0) is 38.5 Å². The van der Waals surface area contributed by atoms with Gasteiger partial charge in [0.2, 0.25) is 35.2 Å². The van der Waals surface area contributed by atoms with E-state index in [1.54, 1.807) is 41.2 Å². The zero-order chi connectivity index (χ0) is 39.3. The summed E-state index contributed by atoms with van der Waals surface area (Å²) in [6.07, 6.45) is 5.61. The highest BCUT2D eigenvalue weighted by atomic mass is 16.5. The Bertz CT molecular complexity index is 2470. The fourth-order valence-corrected chi connectivity index (χ4v) is 6.09. The van der Waals surface area contributed by atoms with Crippen molar-refractivity contribution in [3.8, 4) is 5.75 Å². The molecule has 0 aliphatic carbocycles.